The van der Waals surface area contributed by atoms with Crippen LogP contribution in [0.2, 0.25) is 0 Å². The van der Waals surface area contributed by atoms with Crippen LogP contribution >= 0.6 is 0 Å². The van der Waals surface area contributed by atoms with Crippen LogP contribution in [0.4, 0.5) is 5.69 Å². The minimum Gasteiger partial charge on any atom is -0.478 e. The molecule has 0 radical (unpaired) electrons. The first kappa shape index (κ1) is 30.7. The van der Waals surface area contributed by atoms with Crippen molar-refractivity contribution in [2.45, 2.75) is 13.8 Å². The van der Waals surface area contributed by atoms with E-state index in [4.69, 9.17) is 4.42 Å². The van der Waals surface area contributed by atoms with Crippen molar-refractivity contribution in [3.05, 3.63) is 83.2 Å². The largest absolute Gasteiger partial charge is 0.478 e. The molecule has 0 aromatic heterocycles. The van der Waals surface area contributed by atoms with E-state index in [0.717, 1.165) is 15.9 Å². The molecule has 3 aliphatic rings. The monoisotopic (exact) mass is 583 g/mol. The van der Waals surface area contributed by atoms with Gasteiger partial charge in [-0.25, -0.2) is 9.37 Å². The topological polar surface area (TPSA) is 123 Å². The maximum absolute atomic E-state index is 13.1. The Kier molecular flexibility index (Phi) is 9.09. The molecule has 0 bridgehead atoms. The number of hydrogen-bond acceptors (Lipinski definition) is 6. The zero-order valence-electron chi connectivity index (χ0n) is 25.1. The van der Waals surface area contributed by atoms with Crippen molar-refractivity contribution in [2.24, 2.45) is 0 Å². The van der Waals surface area contributed by atoms with Gasteiger partial charge in [-0.3, -0.25) is 19.3 Å². The molecule has 43 heavy (non-hydrogen) atoms. The van der Waals surface area contributed by atoms with E-state index in [0.29, 0.717) is 33.4 Å². The van der Waals surface area contributed by atoms with Gasteiger partial charge in [-0.15, -0.1) is 0 Å². The van der Waals surface area contributed by atoms with E-state index in [-0.39, 0.29) is 24.2 Å². The molecule has 222 valence electrons. The Labute approximate surface area is 249 Å². The van der Waals surface area contributed by atoms with Crippen molar-refractivity contribution in [2.75, 3.05) is 46.2 Å². The van der Waals surface area contributed by atoms with Gasteiger partial charge in [0.1, 0.15) is 25.4 Å². The summed E-state index contributed by atoms with van der Waals surface area (Å²) in [5.41, 5.74) is 3.42. The summed E-state index contributed by atoms with van der Waals surface area (Å²) in [7, 11) is 7.68. The molecule has 0 unspecified atom stereocenters. The second-order valence-electron chi connectivity index (χ2n) is 10.1. The van der Waals surface area contributed by atoms with Crippen molar-refractivity contribution in [3.8, 4) is 22.5 Å². The number of carboxylic acid groups (broad SMARTS) is 1. The van der Waals surface area contributed by atoms with E-state index in [1.807, 2.05) is 87.9 Å². The number of aromatic carboxylic acids is 1. The summed E-state index contributed by atoms with van der Waals surface area (Å²) in [6.45, 7) is 4.07. The number of nitrogens with zero attached hydrogens (tertiary/aromatic N) is 3. The fraction of sp³-hybridized carbons (Fsp3) is 0.242. The molecule has 0 atom stereocenters. The van der Waals surface area contributed by atoms with Gasteiger partial charge in [0, 0.05) is 79.2 Å². The van der Waals surface area contributed by atoms with Crippen molar-refractivity contribution >= 4 is 40.3 Å². The molecule has 2 aliphatic heterocycles. The molecule has 0 saturated carbocycles. The third-order valence-corrected chi connectivity index (χ3v) is 7.02. The Morgan fingerprint density at radius 1 is 0.930 bits per heavy atom. The van der Waals surface area contributed by atoms with E-state index in [2.05, 4.69) is 5.32 Å². The van der Waals surface area contributed by atoms with Crippen LogP contribution in [0.1, 0.15) is 34.6 Å². The van der Waals surface area contributed by atoms with Crippen LogP contribution in [0.3, 0.4) is 0 Å². The first-order valence-corrected chi connectivity index (χ1v) is 13.9. The molecule has 0 spiro atoms. The lowest BCUT2D eigenvalue weighted by Crippen LogP contribution is -2.38. The summed E-state index contributed by atoms with van der Waals surface area (Å²) in [6, 6.07) is 15.8. The summed E-state index contributed by atoms with van der Waals surface area (Å²) < 4.78 is 8.29. The average Bonchev–Trinajstić information content (AvgIpc) is 3.32. The van der Waals surface area contributed by atoms with Crippen LogP contribution in [0.25, 0.3) is 33.4 Å². The number of imide groups is 1. The van der Waals surface area contributed by atoms with Gasteiger partial charge in [-0.1, -0.05) is 13.8 Å². The lowest BCUT2D eigenvalue weighted by Gasteiger charge is -2.19. The fourth-order valence-electron chi connectivity index (χ4n) is 4.83. The van der Waals surface area contributed by atoms with Gasteiger partial charge in [0.2, 0.25) is 5.36 Å². The molecular formula is C33H35N4O6+. The Hall–Kier alpha value is -5.25. The van der Waals surface area contributed by atoms with Gasteiger partial charge in [-0.2, -0.15) is 0 Å². The second-order valence-corrected chi connectivity index (χ2v) is 10.1. The van der Waals surface area contributed by atoms with Gasteiger partial charge >= 0.3 is 5.97 Å². The highest BCUT2D eigenvalue weighted by atomic mass is 16.4. The van der Waals surface area contributed by atoms with Crippen LogP contribution in [0, 0.1) is 0 Å². The highest BCUT2D eigenvalue weighted by molar-refractivity contribution is 6.13. The highest BCUT2D eigenvalue weighted by Crippen LogP contribution is 2.42. The zero-order valence-corrected chi connectivity index (χ0v) is 25.1. The van der Waals surface area contributed by atoms with Gasteiger partial charge in [-0.05, 0) is 42.0 Å². The third-order valence-electron chi connectivity index (χ3n) is 7.02. The number of benzene rings is 3. The van der Waals surface area contributed by atoms with Crippen LogP contribution in [-0.4, -0.2) is 75.0 Å². The molecule has 3 amide bonds. The Morgan fingerprint density at radius 3 is 2.26 bits per heavy atom. The third kappa shape index (κ3) is 6.18. The number of hydrogen-bond donors (Lipinski definition) is 2. The molecule has 5 rings (SSSR count). The molecule has 0 fully saturated rings. The van der Waals surface area contributed by atoms with Crippen molar-refractivity contribution in [3.63, 3.8) is 0 Å². The molecular weight excluding hydrogens is 548 g/mol. The number of nitrogens with one attached hydrogen (secondary N) is 1. The van der Waals surface area contributed by atoms with Crippen LogP contribution < -0.4 is 20.1 Å². The number of carboxylic acids is 1. The normalized spacial score (nSPS) is 12.4. The predicted octanol–water partition coefficient (Wildman–Crippen LogP) is 3.68. The summed E-state index contributed by atoms with van der Waals surface area (Å²) in [5.74, 6) is -1.90. The fourth-order valence-corrected chi connectivity index (χ4v) is 4.83. The zero-order chi connectivity index (χ0) is 31.4. The van der Waals surface area contributed by atoms with Gasteiger partial charge in [0.05, 0.1) is 11.6 Å². The Bertz CT molecular complexity index is 1800. The number of amides is 3. The average molecular weight is 584 g/mol. The molecule has 0 saturated heterocycles. The van der Waals surface area contributed by atoms with Gasteiger partial charge in [0.25, 0.3) is 17.7 Å². The van der Waals surface area contributed by atoms with Gasteiger partial charge < -0.3 is 19.7 Å². The number of carbonyl (C=O) groups is 4. The molecule has 1 aliphatic carbocycles. The standard InChI is InChI=1S/C31H28N4O6.C2H6/c1-33(2)19-6-9-22-25(16-19)41-26-17-20(34(3)4)7-10-23(26)29(22)24-15-18(5-8-21(24)31(39)40)30(38)32-13-14-35-27(36)11-12-28(35)37;1-2/h5-12,15-17H,13-14H2,1-4H3,(H-,32,38,39,40);1-2H3/p+1. The Morgan fingerprint density at radius 2 is 1.63 bits per heavy atom. The maximum Gasteiger partial charge on any atom is 0.336 e. The Balaban J connectivity index is 0.00000207. The van der Waals surface area contributed by atoms with Crippen LogP contribution in [0.5, 0.6) is 0 Å². The van der Waals surface area contributed by atoms with Gasteiger partial charge in [0.15, 0.2) is 0 Å². The summed E-state index contributed by atoms with van der Waals surface area (Å²) in [5, 5.41) is 14.5. The first-order chi connectivity index (χ1) is 20.5. The van der Waals surface area contributed by atoms with Crippen molar-refractivity contribution in [1.29, 1.82) is 0 Å². The molecule has 10 nitrogen and oxygen atoms in total. The molecule has 2 aromatic carbocycles. The van der Waals surface area contributed by atoms with E-state index in [1.54, 1.807) is 6.07 Å². The number of carbonyl (C=O) groups excluding carboxylic acids is 3. The number of rotatable bonds is 7. The van der Waals surface area contributed by atoms with E-state index >= 15 is 0 Å². The summed E-state index contributed by atoms with van der Waals surface area (Å²) in [6.07, 6.45) is 2.37. The minimum atomic E-state index is -1.14. The van der Waals surface area contributed by atoms with Crippen molar-refractivity contribution in [1.82, 2.24) is 14.8 Å². The molecule has 10 heteroatoms. The van der Waals surface area contributed by atoms with Crippen LogP contribution in [-0.2, 0) is 9.59 Å². The SMILES string of the molecule is CC.CN(C)c1ccc2c(-c3cc(C(=O)NCCN4C(=O)C=CC4=O)ccc3C(=O)O)c3ccc(=[N+](C)C)cc-3oc2c1. The molecule has 2 heterocycles. The smallest absolute Gasteiger partial charge is 0.336 e. The predicted molar refractivity (Wildman–Crippen MR) is 166 cm³/mol. The first-order valence-electron chi connectivity index (χ1n) is 13.9. The van der Waals surface area contributed by atoms with E-state index in [1.165, 1.54) is 24.3 Å². The molecule has 2 aromatic rings. The van der Waals surface area contributed by atoms with Crippen LogP contribution in [0.15, 0.2) is 71.2 Å². The highest BCUT2D eigenvalue weighted by Gasteiger charge is 2.25. The lowest BCUT2D eigenvalue weighted by atomic mass is 9.89. The maximum atomic E-state index is 13.1. The van der Waals surface area contributed by atoms with E-state index in [9.17, 15) is 24.3 Å². The summed E-state index contributed by atoms with van der Waals surface area (Å²) >= 11 is 0. The van der Waals surface area contributed by atoms with Crippen molar-refractivity contribution < 1.29 is 28.7 Å². The number of fused-ring (bicyclic) bond motifs is 2. The van der Waals surface area contributed by atoms with E-state index < -0.39 is 23.7 Å². The second kappa shape index (κ2) is 12.7. The minimum absolute atomic E-state index is 0.0222. The molecule has 2 N–H and O–H groups in total. The lowest BCUT2D eigenvalue weighted by molar-refractivity contribution is -0.136. The quantitative estimate of drug-likeness (QED) is 0.193. The summed E-state index contributed by atoms with van der Waals surface area (Å²) in [4.78, 5) is 52.1. The number of anilines is 1.